The lowest BCUT2D eigenvalue weighted by molar-refractivity contribution is 0.0218. The summed E-state index contributed by atoms with van der Waals surface area (Å²) in [7, 11) is 0. The molecule has 1 aliphatic carbocycles. The number of amides is 1. The maximum Gasteiger partial charge on any atom is 0.410 e. The highest BCUT2D eigenvalue weighted by molar-refractivity contribution is 5.69. The molecule has 2 aliphatic rings. The first-order valence-corrected chi connectivity index (χ1v) is 8.01. The van der Waals surface area contributed by atoms with E-state index in [0.717, 1.165) is 38.1 Å². The van der Waals surface area contributed by atoms with E-state index < -0.39 is 5.60 Å². The Balaban J connectivity index is 1.77. The van der Waals surface area contributed by atoms with Crippen molar-refractivity contribution < 1.29 is 9.53 Å². The van der Waals surface area contributed by atoms with Crippen LogP contribution >= 0.6 is 0 Å². The van der Waals surface area contributed by atoms with Gasteiger partial charge in [0.15, 0.2) is 0 Å². The van der Waals surface area contributed by atoms with Crippen molar-refractivity contribution in [1.82, 2.24) is 14.9 Å². The number of hydrogen-bond donors (Lipinski definition) is 1. The lowest BCUT2D eigenvalue weighted by atomic mass is 10.0. The maximum atomic E-state index is 12.3. The number of carbonyl (C=O) groups is 1. The number of nitrogens with one attached hydrogen (secondary N) is 1. The second-order valence-electron chi connectivity index (χ2n) is 7.09. The summed E-state index contributed by atoms with van der Waals surface area (Å²) in [5.41, 5.74) is 2.02. The Labute approximate surface area is 126 Å². The molecule has 1 saturated heterocycles. The molecule has 1 N–H and O–H groups in total. The van der Waals surface area contributed by atoms with Gasteiger partial charge in [-0.2, -0.15) is 0 Å². The largest absolute Gasteiger partial charge is 0.444 e. The Morgan fingerprint density at radius 2 is 2.05 bits per heavy atom. The number of aromatic amines is 1. The molecular formula is C16H25N3O2. The van der Waals surface area contributed by atoms with Gasteiger partial charge in [-0.15, -0.1) is 0 Å². The third kappa shape index (κ3) is 3.06. The summed E-state index contributed by atoms with van der Waals surface area (Å²) in [6, 6.07) is 0.0467. The van der Waals surface area contributed by atoms with Crippen LogP contribution in [-0.4, -0.2) is 33.1 Å². The monoisotopic (exact) mass is 291 g/mol. The van der Waals surface area contributed by atoms with Crippen LogP contribution in [0.1, 0.15) is 69.7 Å². The van der Waals surface area contributed by atoms with Crippen LogP contribution < -0.4 is 0 Å². The van der Waals surface area contributed by atoms with Crippen LogP contribution in [0.4, 0.5) is 4.79 Å². The van der Waals surface area contributed by atoms with Crippen molar-refractivity contribution in [1.29, 1.82) is 0 Å². The Morgan fingerprint density at radius 1 is 1.29 bits per heavy atom. The van der Waals surface area contributed by atoms with Crippen LogP contribution in [0.2, 0.25) is 0 Å². The molecule has 1 aliphatic heterocycles. The van der Waals surface area contributed by atoms with Gasteiger partial charge >= 0.3 is 6.09 Å². The molecule has 116 valence electrons. The number of imidazole rings is 1. The fourth-order valence-electron chi connectivity index (χ4n) is 3.22. The van der Waals surface area contributed by atoms with Crippen molar-refractivity contribution >= 4 is 6.09 Å². The minimum atomic E-state index is -0.452. The Kier molecular flexibility index (Phi) is 3.68. The Hall–Kier alpha value is -1.52. The number of likely N-dealkylation sites (tertiary alicyclic amines) is 1. The zero-order valence-electron chi connectivity index (χ0n) is 13.2. The van der Waals surface area contributed by atoms with Crippen LogP contribution in [0.3, 0.4) is 0 Å². The van der Waals surface area contributed by atoms with E-state index in [1.54, 1.807) is 0 Å². The quantitative estimate of drug-likeness (QED) is 0.863. The van der Waals surface area contributed by atoms with E-state index in [4.69, 9.17) is 9.72 Å². The first kappa shape index (κ1) is 14.4. The van der Waals surface area contributed by atoms with Gasteiger partial charge in [0.1, 0.15) is 11.4 Å². The predicted molar refractivity (Wildman–Crippen MR) is 80.1 cm³/mol. The average molecular weight is 291 g/mol. The lowest BCUT2D eigenvalue weighted by Crippen LogP contribution is -2.36. The van der Waals surface area contributed by atoms with Gasteiger partial charge in [-0.25, -0.2) is 9.78 Å². The summed E-state index contributed by atoms with van der Waals surface area (Å²) in [6.45, 7) is 6.47. The van der Waals surface area contributed by atoms with Crippen molar-refractivity contribution in [2.45, 2.75) is 70.9 Å². The smallest absolute Gasteiger partial charge is 0.410 e. The highest BCUT2D eigenvalue weighted by Gasteiger charge is 2.35. The third-order valence-corrected chi connectivity index (χ3v) is 4.17. The van der Waals surface area contributed by atoms with Gasteiger partial charge in [0.05, 0.1) is 11.7 Å². The number of aryl methyl sites for hydroxylation is 2. The van der Waals surface area contributed by atoms with Crippen molar-refractivity contribution in [2.24, 2.45) is 0 Å². The second-order valence-corrected chi connectivity index (χ2v) is 7.09. The molecule has 1 fully saturated rings. The molecule has 0 bridgehead atoms. The normalized spacial score (nSPS) is 22.2. The number of fused-ring (bicyclic) bond motifs is 1. The van der Waals surface area contributed by atoms with Crippen molar-refractivity contribution in [3.63, 3.8) is 0 Å². The fourth-order valence-corrected chi connectivity index (χ4v) is 3.22. The first-order chi connectivity index (χ1) is 9.94. The van der Waals surface area contributed by atoms with E-state index in [1.165, 1.54) is 24.2 Å². The molecule has 1 atom stereocenters. The van der Waals surface area contributed by atoms with E-state index in [9.17, 15) is 4.79 Å². The minimum Gasteiger partial charge on any atom is -0.444 e. The summed E-state index contributed by atoms with van der Waals surface area (Å²) in [5.74, 6) is 0.949. The molecule has 2 heterocycles. The third-order valence-electron chi connectivity index (χ3n) is 4.17. The SMILES string of the molecule is CC(C)(C)OC(=O)N1CCC[C@H]1c1nc2c([nH]1)CCCC2. The minimum absolute atomic E-state index is 0.0467. The molecule has 3 rings (SSSR count). The van der Waals surface area contributed by atoms with E-state index in [-0.39, 0.29) is 12.1 Å². The topological polar surface area (TPSA) is 58.2 Å². The summed E-state index contributed by atoms with van der Waals surface area (Å²) >= 11 is 0. The van der Waals surface area contributed by atoms with E-state index in [1.807, 2.05) is 25.7 Å². The standard InChI is InChI=1S/C16H25N3O2/c1-16(2,3)21-15(20)19-10-6-9-13(19)14-17-11-7-4-5-8-12(11)18-14/h13H,4-10H2,1-3H3,(H,17,18)/t13-/m0/s1. The molecule has 21 heavy (non-hydrogen) atoms. The van der Waals surface area contributed by atoms with Crippen LogP contribution in [0, 0.1) is 0 Å². The Morgan fingerprint density at radius 3 is 2.76 bits per heavy atom. The van der Waals surface area contributed by atoms with Gasteiger partial charge in [-0.05, 0) is 59.3 Å². The van der Waals surface area contributed by atoms with Crippen LogP contribution in [0.25, 0.3) is 0 Å². The number of hydrogen-bond acceptors (Lipinski definition) is 3. The zero-order valence-corrected chi connectivity index (χ0v) is 13.2. The number of nitrogens with zero attached hydrogens (tertiary/aromatic N) is 2. The number of H-pyrrole nitrogens is 1. The number of aromatic nitrogens is 2. The molecule has 0 saturated carbocycles. The number of ether oxygens (including phenoxy) is 1. The lowest BCUT2D eigenvalue weighted by Gasteiger charge is -2.27. The summed E-state index contributed by atoms with van der Waals surface area (Å²) in [5, 5.41) is 0. The van der Waals surface area contributed by atoms with Crippen molar-refractivity contribution in [3.05, 3.63) is 17.2 Å². The molecule has 0 spiro atoms. The summed E-state index contributed by atoms with van der Waals surface area (Å²) < 4.78 is 5.52. The van der Waals surface area contributed by atoms with Gasteiger partial charge in [0, 0.05) is 12.2 Å². The van der Waals surface area contributed by atoms with Crippen molar-refractivity contribution in [2.75, 3.05) is 6.54 Å². The highest BCUT2D eigenvalue weighted by Crippen LogP contribution is 2.33. The molecule has 5 heteroatoms. The maximum absolute atomic E-state index is 12.3. The van der Waals surface area contributed by atoms with Gasteiger partial charge in [-0.1, -0.05) is 0 Å². The number of rotatable bonds is 1. The summed E-state index contributed by atoms with van der Waals surface area (Å²) in [6.07, 6.45) is 6.35. The molecule has 0 unspecified atom stereocenters. The van der Waals surface area contributed by atoms with Crippen LogP contribution in [0.15, 0.2) is 0 Å². The molecule has 5 nitrogen and oxygen atoms in total. The van der Waals surface area contributed by atoms with Crippen LogP contribution in [-0.2, 0) is 17.6 Å². The van der Waals surface area contributed by atoms with E-state index >= 15 is 0 Å². The molecule has 1 amide bonds. The van der Waals surface area contributed by atoms with Crippen LogP contribution in [0.5, 0.6) is 0 Å². The van der Waals surface area contributed by atoms with Gasteiger partial charge < -0.3 is 9.72 Å². The Bertz CT molecular complexity index is 507. The molecule has 1 aromatic rings. The molecule has 0 aromatic carbocycles. The van der Waals surface area contributed by atoms with Gasteiger partial charge in [0.25, 0.3) is 0 Å². The molecule has 1 aromatic heterocycles. The van der Waals surface area contributed by atoms with Crippen molar-refractivity contribution in [3.8, 4) is 0 Å². The second kappa shape index (κ2) is 5.35. The first-order valence-electron chi connectivity index (χ1n) is 8.01. The predicted octanol–water partition coefficient (Wildman–Crippen LogP) is 3.36. The van der Waals surface area contributed by atoms with E-state index in [0.29, 0.717) is 0 Å². The number of carbonyl (C=O) groups excluding carboxylic acids is 1. The fraction of sp³-hybridized carbons (Fsp3) is 0.750. The van der Waals surface area contributed by atoms with E-state index in [2.05, 4.69) is 4.98 Å². The summed E-state index contributed by atoms with van der Waals surface area (Å²) in [4.78, 5) is 22.4. The van der Waals surface area contributed by atoms with Gasteiger partial charge in [-0.3, -0.25) is 4.90 Å². The highest BCUT2D eigenvalue weighted by atomic mass is 16.6. The molecular weight excluding hydrogens is 266 g/mol. The average Bonchev–Trinajstić information content (AvgIpc) is 3.02. The van der Waals surface area contributed by atoms with Gasteiger partial charge in [0.2, 0.25) is 0 Å². The molecule has 0 radical (unpaired) electrons. The zero-order chi connectivity index (χ0) is 15.0.